The minimum Gasteiger partial charge on any atom is -0.325 e. The Labute approximate surface area is 183 Å². The summed E-state index contributed by atoms with van der Waals surface area (Å²) in [7, 11) is 0. The van der Waals surface area contributed by atoms with E-state index in [1.807, 2.05) is 36.4 Å². The van der Waals surface area contributed by atoms with Crippen LogP contribution in [0.1, 0.15) is 5.56 Å². The van der Waals surface area contributed by atoms with Crippen LogP contribution in [0.15, 0.2) is 89.8 Å². The molecular weight excluding hydrogens is 414 g/mol. The van der Waals surface area contributed by atoms with Crippen molar-refractivity contribution in [1.82, 2.24) is 0 Å². The number of nitrogens with zero attached hydrogens (tertiary/aromatic N) is 1. The fourth-order valence-electron chi connectivity index (χ4n) is 2.60. The lowest BCUT2D eigenvalue weighted by Crippen LogP contribution is -2.14. The maximum Gasteiger partial charge on any atom is 0.269 e. The number of carbonyl (C=O) groups is 2. The third-order valence-corrected chi connectivity index (χ3v) is 5.05. The number of nitro groups is 1. The van der Waals surface area contributed by atoms with Crippen LogP contribution in [0.2, 0.25) is 0 Å². The Balaban J connectivity index is 1.50. The minimum absolute atomic E-state index is 0.0372. The van der Waals surface area contributed by atoms with Crippen molar-refractivity contribution in [2.45, 2.75) is 4.90 Å². The summed E-state index contributed by atoms with van der Waals surface area (Å²) in [6.45, 7) is 0. The minimum atomic E-state index is -0.495. The second-order valence-electron chi connectivity index (χ2n) is 6.40. The number of anilines is 2. The first-order chi connectivity index (χ1) is 15.0. The SMILES string of the molecule is O=C(/C=C/c1ccccc1)Nc1cccc(SCC(=O)Nc2ccc([N+](=O)[O-])cc2)c1. The molecule has 7 nitrogen and oxygen atoms in total. The van der Waals surface area contributed by atoms with E-state index in [0.29, 0.717) is 11.4 Å². The molecule has 8 heteroatoms. The van der Waals surface area contributed by atoms with Crippen LogP contribution in [0.25, 0.3) is 6.08 Å². The summed E-state index contributed by atoms with van der Waals surface area (Å²) in [4.78, 5) is 35.3. The monoisotopic (exact) mass is 433 g/mol. The Morgan fingerprint density at radius 1 is 0.903 bits per heavy atom. The Kier molecular flexibility index (Phi) is 7.56. The van der Waals surface area contributed by atoms with E-state index in [1.165, 1.54) is 42.1 Å². The number of benzene rings is 3. The van der Waals surface area contributed by atoms with Crippen LogP contribution in [0, 0.1) is 10.1 Å². The highest BCUT2D eigenvalue weighted by atomic mass is 32.2. The smallest absolute Gasteiger partial charge is 0.269 e. The number of non-ortho nitro benzene ring substituents is 1. The highest BCUT2D eigenvalue weighted by molar-refractivity contribution is 8.00. The zero-order valence-electron chi connectivity index (χ0n) is 16.4. The van der Waals surface area contributed by atoms with E-state index in [0.717, 1.165) is 10.5 Å². The van der Waals surface area contributed by atoms with Gasteiger partial charge in [-0.25, -0.2) is 0 Å². The number of carbonyl (C=O) groups excluding carboxylic acids is 2. The summed E-state index contributed by atoms with van der Waals surface area (Å²) in [6.07, 6.45) is 3.20. The van der Waals surface area contributed by atoms with Gasteiger partial charge in [0.1, 0.15) is 0 Å². The van der Waals surface area contributed by atoms with Gasteiger partial charge in [0.05, 0.1) is 10.7 Å². The fourth-order valence-corrected chi connectivity index (χ4v) is 3.35. The molecule has 2 amide bonds. The number of nitro benzene ring substituents is 1. The Bertz CT molecular complexity index is 1100. The van der Waals surface area contributed by atoms with E-state index >= 15 is 0 Å². The van der Waals surface area contributed by atoms with Crippen molar-refractivity contribution in [3.8, 4) is 0 Å². The van der Waals surface area contributed by atoms with Crippen molar-refractivity contribution in [3.63, 3.8) is 0 Å². The Morgan fingerprint density at radius 2 is 1.65 bits per heavy atom. The third kappa shape index (κ3) is 7.13. The van der Waals surface area contributed by atoms with Crippen molar-refractivity contribution in [2.75, 3.05) is 16.4 Å². The normalized spacial score (nSPS) is 10.6. The third-order valence-electron chi connectivity index (χ3n) is 4.06. The first kappa shape index (κ1) is 21.8. The van der Waals surface area contributed by atoms with Gasteiger partial charge in [-0.2, -0.15) is 0 Å². The summed E-state index contributed by atoms with van der Waals surface area (Å²) >= 11 is 1.32. The van der Waals surface area contributed by atoms with Crippen molar-refractivity contribution in [3.05, 3.63) is 101 Å². The molecule has 0 aliphatic rings. The molecule has 0 saturated heterocycles. The van der Waals surface area contributed by atoms with Crippen molar-refractivity contribution in [1.29, 1.82) is 0 Å². The van der Waals surface area contributed by atoms with Gasteiger partial charge in [-0.3, -0.25) is 19.7 Å². The summed E-state index contributed by atoms with van der Waals surface area (Å²) in [5, 5.41) is 16.2. The Hall–Kier alpha value is -3.91. The number of nitrogens with one attached hydrogen (secondary N) is 2. The molecule has 0 radical (unpaired) electrons. The van der Waals surface area contributed by atoms with E-state index < -0.39 is 4.92 Å². The number of rotatable bonds is 8. The number of amides is 2. The molecule has 156 valence electrons. The van der Waals surface area contributed by atoms with Gasteiger partial charge in [-0.1, -0.05) is 36.4 Å². The average molecular weight is 433 g/mol. The van der Waals surface area contributed by atoms with Crippen molar-refractivity contribution in [2.24, 2.45) is 0 Å². The van der Waals surface area contributed by atoms with Crippen LogP contribution in [0.4, 0.5) is 17.1 Å². The lowest BCUT2D eigenvalue weighted by Gasteiger charge is -2.07. The summed E-state index contributed by atoms with van der Waals surface area (Å²) in [5.41, 5.74) is 2.01. The van der Waals surface area contributed by atoms with Gasteiger partial charge in [0.15, 0.2) is 0 Å². The molecule has 0 saturated carbocycles. The second kappa shape index (κ2) is 10.7. The molecule has 2 N–H and O–H groups in total. The molecule has 0 fully saturated rings. The second-order valence-corrected chi connectivity index (χ2v) is 7.45. The van der Waals surface area contributed by atoms with E-state index in [-0.39, 0.29) is 23.3 Å². The topological polar surface area (TPSA) is 101 Å². The van der Waals surface area contributed by atoms with Crippen LogP contribution in [0.3, 0.4) is 0 Å². The molecule has 0 aromatic heterocycles. The molecule has 0 unspecified atom stereocenters. The van der Waals surface area contributed by atoms with Crippen LogP contribution in [-0.4, -0.2) is 22.5 Å². The van der Waals surface area contributed by atoms with Crippen LogP contribution < -0.4 is 10.6 Å². The lowest BCUT2D eigenvalue weighted by molar-refractivity contribution is -0.384. The quantitative estimate of drug-likeness (QED) is 0.226. The highest BCUT2D eigenvalue weighted by Crippen LogP contribution is 2.22. The average Bonchev–Trinajstić information content (AvgIpc) is 2.78. The predicted molar refractivity (Wildman–Crippen MR) is 123 cm³/mol. The van der Waals surface area contributed by atoms with Gasteiger partial charge in [-0.05, 0) is 42.0 Å². The largest absolute Gasteiger partial charge is 0.325 e. The molecular formula is C23H19N3O4S. The molecule has 0 spiro atoms. The van der Waals surface area contributed by atoms with Gasteiger partial charge in [-0.15, -0.1) is 11.8 Å². The first-order valence-corrected chi connectivity index (χ1v) is 10.3. The molecule has 0 aliphatic carbocycles. The van der Waals surface area contributed by atoms with E-state index in [2.05, 4.69) is 10.6 Å². The van der Waals surface area contributed by atoms with Crippen molar-refractivity contribution < 1.29 is 14.5 Å². The number of thioether (sulfide) groups is 1. The maximum absolute atomic E-state index is 12.1. The molecule has 0 bridgehead atoms. The number of hydrogen-bond donors (Lipinski definition) is 2. The molecule has 3 aromatic rings. The van der Waals surface area contributed by atoms with Crippen LogP contribution in [0.5, 0.6) is 0 Å². The molecule has 31 heavy (non-hydrogen) atoms. The van der Waals surface area contributed by atoms with Gasteiger partial charge >= 0.3 is 0 Å². The van der Waals surface area contributed by atoms with E-state index in [1.54, 1.807) is 24.3 Å². The van der Waals surface area contributed by atoms with Gasteiger partial charge in [0.25, 0.3) is 5.69 Å². The number of hydrogen-bond acceptors (Lipinski definition) is 5. The zero-order valence-corrected chi connectivity index (χ0v) is 17.2. The van der Waals surface area contributed by atoms with E-state index in [9.17, 15) is 19.7 Å². The zero-order chi connectivity index (χ0) is 22.1. The fraction of sp³-hybridized carbons (Fsp3) is 0.0435. The molecule has 0 heterocycles. The van der Waals surface area contributed by atoms with Crippen LogP contribution in [-0.2, 0) is 9.59 Å². The Morgan fingerprint density at radius 3 is 2.35 bits per heavy atom. The summed E-state index contributed by atoms with van der Waals surface area (Å²) < 4.78 is 0. The summed E-state index contributed by atoms with van der Waals surface area (Å²) in [5.74, 6) is -0.330. The molecule has 3 aromatic carbocycles. The summed E-state index contributed by atoms with van der Waals surface area (Å²) in [6, 6.07) is 22.4. The maximum atomic E-state index is 12.1. The predicted octanol–water partition coefficient (Wildman–Crippen LogP) is 4.98. The van der Waals surface area contributed by atoms with Gasteiger partial charge in [0.2, 0.25) is 11.8 Å². The standard InChI is InChI=1S/C23H19N3O4S/c27-22(14-9-17-5-2-1-3-6-17)25-19-7-4-8-21(15-19)31-16-23(28)24-18-10-12-20(13-11-18)26(29)30/h1-15H,16H2,(H,24,28)(H,25,27)/b14-9+. The van der Waals surface area contributed by atoms with Crippen molar-refractivity contribution >= 4 is 46.7 Å². The van der Waals surface area contributed by atoms with Gasteiger partial charge in [0, 0.05) is 34.5 Å². The molecule has 3 rings (SSSR count). The van der Waals surface area contributed by atoms with Gasteiger partial charge < -0.3 is 10.6 Å². The molecule has 0 atom stereocenters. The highest BCUT2D eigenvalue weighted by Gasteiger charge is 2.08. The first-order valence-electron chi connectivity index (χ1n) is 9.31. The lowest BCUT2D eigenvalue weighted by atomic mass is 10.2. The molecule has 0 aliphatic heterocycles. The van der Waals surface area contributed by atoms with Crippen LogP contribution >= 0.6 is 11.8 Å². The van der Waals surface area contributed by atoms with E-state index in [4.69, 9.17) is 0 Å².